The molecule has 134 valence electrons. The molecule has 5 heterocycles. The Morgan fingerprint density at radius 3 is 2.62 bits per heavy atom. The van der Waals surface area contributed by atoms with E-state index in [2.05, 4.69) is 15.1 Å². The van der Waals surface area contributed by atoms with E-state index in [0.29, 0.717) is 13.1 Å². The molecule has 0 saturated carbocycles. The van der Waals surface area contributed by atoms with E-state index in [4.69, 9.17) is 4.98 Å². The molecule has 2 saturated heterocycles. The van der Waals surface area contributed by atoms with Gasteiger partial charge in [-0.1, -0.05) is 0 Å². The predicted molar refractivity (Wildman–Crippen MR) is 94.1 cm³/mol. The quantitative estimate of drug-likeness (QED) is 0.750. The standard InChI is InChI=1S/C17H19N7O2/c1-21-7-11(6-19-21)14-10-23-15(4-5-18-23)16(20-14)22-8-12-2-3-13(9-22)24(12)17(25)26/h4-7,10,12-13H,2-3,8-9H2,1H3,(H,25,26)/t12-,13+. The van der Waals surface area contributed by atoms with Crippen LogP contribution in [0.5, 0.6) is 0 Å². The summed E-state index contributed by atoms with van der Waals surface area (Å²) in [6.45, 7) is 1.32. The van der Waals surface area contributed by atoms with Gasteiger partial charge in [-0.2, -0.15) is 10.2 Å². The van der Waals surface area contributed by atoms with Crippen molar-refractivity contribution in [3.63, 3.8) is 0 Å². The average molecular weight is 353 g/mol. The Hall–Kier alpha value is -3.10. The van der Waals surface area contributed by atoms with Crippen LogP contribution in [0.15, 0.2) is 30.9 Å². The van der Waals surface area contributed by atoms with Crippen LogP contribution in [0.25, 0.3) is 16.8 Å². The van der Waals surface area contributed by atoms with Crippen molar-refractivity contribution >= 4 is 17.4 Å². The highest BCUT2D eigenvalue weighted by atomic mass is 16.4. The van der Waals surface area contributed by atoms with Crippen LogP contribution in [0.4, 0.5) is 10.6 Å². The highest BCUT2D eigenvalue weighted by Crippen LogP contribution is 2.34. The van der Waals surface area contributed by atoms with Gasteiger partial charge < -0.3 is 10.0 Å². The Morgan fingerprint density at radius 1 is 1.19 bits per heavy atom. The van der Waals surface area contributed by atoms with Gasteiger partial charge in [0, 0.05) is 31.9 Å². The van der Waals surface area contributed by atoms with E-state index in [-0.39, 0.29) is 12.1 Å². The number of hydrogen-bond donors (Lipinski definition) is 1. The lowest BCUT2D eigenvalue weighted by Crippen LogP contribution is -2.55. The number of fused-ring (bicyclic) bond motifs is 3. The van der Waals surface area contributed by atoms with Gasteiger partial charge in [0.1, 0.15) is 5.52 Å². The van der Waals surface area contributed by atoms with Crippen LogP contribution in [0.3, 0.4) is 0 Å². The first-order valence-electron chi connectivity index (χ1n) is 8.70. The number of aromatic nitrogens is 5. The maximum Gasteiger partial charge on any atom is 0.407 e. The van der Waals surface area contributed by atoms with Crippen molar-refractivity contribution in [3.05, 3.63) is 30.9 Å². The number of carboxylic acid groups (broad SMARTS) is 1. The Labute approximate surface area is 149 Å². The average Bonchev–Trinajstić information content (AvgIpc) is 3.31. The highest BCUT2D eigenvalue weighted by molar-refractivity contribution is 5.74. The Morgan fingerprint density at radius 2 is 1.96 bits per heavy atom. The van der Waals surface area contributed by atoms with Crippen molar-refractivity contribution in [2.24, 2.45) is 7.05 Å². The third kappa shape index (κ3) is 2.23. The van der Waals surface area contributed by atoms with Crippen LogP contribution in [0.1, 0.15) is 12.8 Å². The van der Waals surface area contributed by atoms with Crippen molar-refractivity contribution < 1.29 is 9.90 Å². The van der Waals surface area contributed by atoms with Crippen molar-refractivity contribution in [3.8, 4) is 11.3 Å². The smallest absolute Gasteiger partial charge is 0.407 e. The van der Waals surface area contributed by atoms with Crippen molar-refractivity contribution in [1.29, 1.82) is 0 Å². The summed E-state index contributed by atoms with van der Waals surface area (Å²) in [7, 11) is 1.87. The minimum atomic E-state index is -0.816. The lowest BCUT2D eigenvalue weighted by molar-refractivity contribution is 0.114. The number of anilines is 1. The van der Waals surface area contributed by atoms with Crippen LogP contribution in [0.2, 0.25) is 0 Å². The SMILES string of the molecule is Cn1cc(-c2cn3nccc3c(N3C[C@H]4CC[C@@H](C3)N4C(=O)O)n2)cn1. The van der Waals surface area contributed by atoms with Crippen molar-refractivity contribution in [2.75, 3.05) is 18.0 Å². The third-order valence-electron chi connectivity index (χ3n) is 5.37. The monoisotopic (exact) mass is 353 g/mol. The summed E-state index contributed by atoms with van der Waals surface area (Å²) in [4.78, 5) is 20.3. The Balaban J connectivity index is 1.57. The summed E-state index contributed by atoms with van der Waals surface area (Å²) in [5.41, 5.74) is 2.66. The third-order valence-corrected chi connectivity index (χ3v) is 5.37. The van der Waals surface area contributed by atoms with Gasteiger partial charge in [0.15, 0.2) is 5.82 Å². The van der Waals surface area contributed by atoms with Gasteiger partial charge in [-0.15, -0.1) is 0 Å². The zero-order chi connectivity index (χ0) is 17.8. The Kier molecular flexibility index (Phi) is 3.18. The molecule has 9 heteroatoms. The molecule has 0 radical (unpaired) electrons. The molecule has 0 aliphatic carbocycles. The van der Waals surface area contributed by atoms with E-state index >= 15 is 0 Å². The van der Waals surface area contributed by atoms with Crippen LogP contribution in [-0.4, -0.2) is 65.7 Å². The molecule has 3 aromatic rings. The lowest BCUT2D eigenvalue weighted by atomic mass is 10.2. The van der Waals surface area contributed by atoms with E-state index in [1.54, 1.807) is 22.0 Å². The maximum atomic E-state index is 11.5. The number of aryl methyl sites for hydroxylation is 1. The van der Waals surface area contributed by atoms with Gasteiger partial charge in [0.25, 0.3) is 0 Å². The molecule has 9 nitrogen and oxygen atoms in total. The summed E-state index contributed by atoms with van der Waals surface area (Å²) in [6.07, 6.45) is 8.37. The number of rotatable bonds is 2. The van der Waals surface area contributed by atoms with Crippen LogP contribution in [0, 0.1) is 0 Å². The van der Waals surface area contributed by atoms with E-state index in [9.17, 15) is 9.90 Å². The van der Waals surface area contributed by atoms with Crippen LogP contribution < -0.4 is 4.90 Å². The Bertz CT molecular complexity index is 980. The van der Waals surface area contributed by atoms with Crippen LogP contribution in [-0.2, 0) is 7.05 Å². The fraction of sp³-hybridized carbons (Fsp3) is 0.412. The number of carbonyl (C=O) groups is 1. The first kappa shape index (κ1) is 15.2. The second kappa shape index (κ2) is 5.45. The molecule has 2 fully saturated rings. The number of amides is 1. The molecule has 2 aliphatic heterocycles. The minimum Gasteiger partial charge on any atom is -0.465 e. The largest absolute Gasteiger partial charge is 0.465 e. The molecule has 2 atom stereocenters. The van der Waals surface area contributed by atoms with Gasteiger partial charge in [-0.3, -0.25) is 9.58 Å². The second-order valence-corrected chi connectivity index (χ2v) is 6.99. The molecule has 3 aromatic heterocycles. The first-order chi connectivity index (χ1) is 12.6. The zero-order valence-corrected chi connectivity index (χ0v) is 14.4. The molecule has 0 aromatic carbocycles. The van der Waals surface area contributed by atoms with Gasteiger partial charge in [-0.05, 0) is 18.9 Å². The first-order valence-corrected chi connectivity index (χ1v) is 8.70. The van der Waals surface area contributed by atoms with E-state index in [1.165, 1.54) is 0 Å². The van der Waals surface area contributed by atoms with Gasteiger partial charge in [0.05, 0.1) is 36.4 Å². The molecular formula is C17H19N7O2. The molecular weight excluding hydrogens is 334 g/mol. The lowest BCUT2D eigenvalue weighted by Gasteiger charge is -2.40. The molecule has 26 heavy (non-hydrogen) atoms. The highest BCUT2D eigenvalue weighted by Gasteiger charge is 2.43. The molecule has 1 N–H and O–H groups in total. The molecule has 2 aliphatic rings. The molecule has 2 bridgehead atoms. The summed E-state index contributed by atoms with van der Waals surface area (Å²) in [5, 5.41) is 18.1. The predicted octanol–water partition coefficient (Wildman–Crippen LogP) is 1.46. The fourth-order valence-corrected chi connectivity index (χ4v) is 4.22. The summed E-state index contributed by atoms with van der Waals surface area (Å²) in [5.74, 6) is 0.853. The van der Waals surface area contributed by atoms with E-state index in [1.807, 2.05) is 30.0 Å². The van der Waals surface area contributed by atoms with Gasteiger partial charge in [0.2, 0.25) is 0 Å². The van der Waals surface area contributed by atoms with Crippen LogP contribution >= 0.6 is 0 Å². The normalized spacial score (nSPS) is 22.3. The minimum absolute atomic E-state index is 0.0260. The molecule has 0 unspecified atom stereocenters. The maximum absolute atomic E-state index is 11.5. The fourth-order valence-electron chi connectivity index (χ4n) is 4.22. The van der Waals surface area contributed by atoms with Crippen molar-refractivity contribution in [2.45, 2.75) is 24.9 Å². The second-order valence-electron chi connectivity index (χ2n) is 6.99. The zero-order valence-electron chi connectivity index (χ0n) is 14.4. The number of nitrogens with zero attached hydrogens (tertiary/aromatic N) is 7. The molecule has 0 spiro atoms. The van der Waals surface area contributed by atoms with E-state index in [0.717, 1.165) is 35.4 Å². The van der Waals surface area contributed by atoms with E-state index < -0.39 is 6.09 Å². The summed E-state index contributed by atoms with van der Waals surface area (Å²) < 4.78 is 3.58. The number of piperazine rings is 1. The van der Waals surface area contributed by atoms with Crippen molar-refractivity contribution in [1.82, 2.24) is 29.3 Å². The van der Waals surface area contributed by atoms with Gasteiger partial charge >= 0.3 is 6.09 Å². The van der Waals surface area contributed by atoms with Gasteiger partial charge in [-0.25, -0.2) is 14.3 Å². The molecule has 5 rings (SSSR count). The number of hydrogen-bond acceptors (Lipinski definition) is 5. The summed E-state index contributed by atoms with van der Waals surface area (Å²) >= 11 is 0. The molecule has 1 amide bonds. The topological polar surface area (TPSA) is 91.8 Å². The summed E-state index contributed by atoms with van der Waals surface area (Å²) in [6, 6.07) is 2.00.